The minimum atomic E-state index is -4.70. The zero-order valence-electron chi connectivity index (χ0n) is 11.2. The zero-order chi connectivity index (χ0) is 15.2. The van der Waals surface area contributed by atoms with Gasteiger partial charge in [0.15, 0.2) is 0 Å². The minimum Gasteiger partial charge on any atom is -0.406 e. The fourth-order valence-electron chi connectivity index (χ4n) is 2.02. The Balaban J connectivity index is 2.78. The zero-order valence-corrected chi connectivity index (χ0v) is 11.2. The van der Waals surface area contributed by atoms with Crippen LogP contribution in [0.4, 0.5) is 13.2 Å². The molecule has 3 nitrogen and oxygen atoms in total. The third kappa shape index (κ3) is 5.95. The lowest BCUT2D eigenvalue weighted by atomic mass is 9.90. The highest BCUT2D eigenvalue weighted by molar-refractivity contribution is 5.74. The SMILES string of the molecule is CCCCC(CC(N)=O)c1ccc(OC(F)(F)F)cc1. The average Bonchev–Trinajstić information content (AvgIpc) is 2.33. The van der Waals surface area contributed by atoms with E-state index in [0.29, 0.717) is 0 Å². The molecule has 1 rings (SSSR count). The number of alkyl halides is 3. The van der Waals surface area contributed by atoms with Gasteiger partial charge in [-0.25, -0.2) is 0 Å². The second kappa shape index (κ2) is 7.17. The highest BCUT2D eigenvalue weighted by Gasteiger charge is 2.31. The van der Waals surface area contributed by atoms with Gasteiger partial charge in [-0.3, -0.25) is 4.79 Å². The molecule has 1 amide bonds. The maximum absolute atomic E-state index is 12.1. The van der Waals surface area contributed by atoms with E-state index in [0.717, 1.165) is 24.8 Å². The van der Waals surface area contributed by atoms with Gasteiger partial charge >= 0.3 is 6.36 Å². The third-order valence-corrected chi connectivity index (χ3v) is 2.94. The van der Waals surface area contributed by atoms with Crippen LogP contribution in [0.1, 0.15) is 44.1 Å². The fourth-order valence-corrected chi connectivity index (χ4v) is 2.02. The predicted molar refractivity (Wildman–Crippen MR) is 69.2 cm³/mol. The first-order valence-electron chi connectivity index (χ1n) is 6.46. The van der Waals surface area contributed by atoms with Crippen molar-refractivity contribution in [3.05, 3.63) is 29.8 Å². The van der Waals surface area contributed by atoms with E-state index >= 15 is 0 Å². The summed E-state index contributed by atoms with van der Waals surface area (Å²) in [5, 5.41) is 0. The molecule has 0 bridgehead atoms. The molecule has 0 fully saturated rings. The molecule has 0 heterocycles. The van der Waals surface area contributed by atoms with Gasteiger partial charge in [0.05, 0.1) is 0 Å². The van der Waals surface area contributed by atoms with Crippen LogP contribution in [0, 0.1) is 0 Å². The van der Waals surface area contributed by atoms with Gasteiger partial charge in [0.1, 0.15) is 5.75 Å². The van der Waals surface area contributed by atoms with Gasteiger partial charge in [0.25, 0.3) is 0 Å². The number of ether oxygens (including phenoxy) is 1. The molecule has 0 aromatic heterocycles. The number of amides is 1. The van der Waals surface area contributed by atoms with E-state index < -0.39 is 12.3 Å². The van der Waals surface area contributed by atoms with Crippen molar-refractivity contribution in [1.29, 1.82) is 0 Å². The first kappa shape index (κ1) is 16.3. The first-order chi connectivity index (χ1) is 9.31. The summed E-state index contributed by atoms with van der Waals surface area (Å²) < 4.78 is 40.0. The maximum atomic E-state index is 12.1. The van der Waals surface area contributed by atoms with Crippen LogP contribution in [0.25, 0.3) is 0 Å². The van der Waals surface area contributed by atoms with Crippen LogP contribution in [0.5, 0.6) is 5.75 Å². The molecule has 0 saturated heterocycles. The van der Waals surface area contributed by atoms with Crippen LogP contribution < -0.4 is 10.5 Å². The highest BCUT2D eigenvalue weighted by atomic mass is 19.4. The molecule has 20 heavy (non-hydrogen) atoms. The topological polar surface area (TPSA) is 52.3 Å². The Morgan fingerprint density at radius 2 is 1.90 bits per heavy atom. The van der Waals surface area contributed by atoms with Crippen molar-refractivity contribution in [2.75, 3.05) is 0 Å². The first-order valence-corrected chi connectivity index (χ1v) is 6.46. The number of nitrogens with two attached hydrogens (primary N) is 1. The summed E-state index contributed by atoms with van der Waals surface area (Å²) in [4.78, 5) is 11.0. The molecule has 0 radical (unpaired) electrons. The van der Waals surface area contributed by atoms with Crippen molar-refractivity contribution in [1.82, 2.24) is 0 Å². The van der Waals surface area contributed by atoms with Gasteiger partial charge in [-0.2, -0.15) is 0 Å². The Kier molecular flexibility index (Phi) is 5.85. The Hall–Kier alpha value is -1.72. The number of halogens is 3. The largest absolute Gasteiger partial charge is 0.573 e. The van der Waals surface area contributed by atoms with Crippen molar-refractivity contribution < 1.29 is 22.7 Å². The Bertz CT molecular complexity index is 429. The van der Waals surface area contributed by atoms with Crippen molar-refractivity contribution in [2.24, 2.45) is 5.73 Å². The average molecular weight is 289 g/mol. The molecule has 0 aliphatic heterocycles. The second-order valence-corrected chi connectivity index (χ2v) is 4.63. The van der Waals surface area contributed by atoms with Crippen LogP contribution in [-0.2, 0) is 4.79 Å². The number of benzene rings is 1. The Morgan fingerprint density at radius 3 is 2.35 bits per heavy atom. The number of unbranched alkanes of at least 4 members (excludes halogenated alkanes) is 1. The van der Waals surface area contributed by atoms with E-state index in [1.807, 2.05) is 6.92 Å². The van der Waals surface area contributed by atoms with Gasteiger partial charge in [-0.05, 0) is 30.0 Å². The van der Waals surface area contributed by atoms with Crippen molar-refractivity contribution in [2.45, 2.75) is 44.9 Å². The van der Waals surface area contributed by atoms with Gasteiger partial charge in [-0.15, -0.1) is 13.2 Å². The second-order valence-electron chi connectivity index (χ2n) is 4.63. The van der Waals surface area contributed by atoms with Crippen molar-refractivity contribution >= 4 is 5.91 Å². The summed E-state index contributed by atoms with van der Waals surface area (Å²) in [6.07, 6.45) is -1.82. The standard InChI is InChI=1S/C14H18F3NO2/c1-2-3-4-11(9-13(18)19)10-5-7-12(8-6-10)20-14(15,16)17/h5-8,11H,2-4,9H2,1H3,(H2,18,19). The quantitative estimate of drug-likeness (QED) is 0.831. The minimum absolute atomic E-state index is 0.0626. The number of carbonyl (C=O) groups is 1. The molecule has 0 saturated carbocycles. The number of rotatable bonds is 7. The molecular formula is C14H18F3NO2. The molecule has 1 atom stereocenters. The predicted octanol–water partition coefficient (Wildman–Crippen LogP) is 3.73. The lowest BCUT2D eigenvalue weighted by Crippen LogP contribution is -2.17. The summed E-state index contributed by atoms with van der Waals surface area (Å²) in [6, 6.07) is 5.60. The molecule has 0 spiro atoms. The van der Waals surface area contributed by atoms with E-state index in [9.17, 15) is 18.0 Å². The summed E-state index contributed by atoms with van der Waals surface area (Å²) in [5.74, 6) is -0.747. The van der Waals surface area contributed by atoms with Crippen LogP contribution in [0.2, 0.25) is 0 Å². The lowest BCUT2D eigenvalue weighted by molar-refractivity contribution is -0.274. The molecule has 2 N–H and O–H groups in total. The normalized spacial score (nSPS) is 13.0. The van der Waals surface area contributed by atoms with Gasteiger partial charge < -0.3 is 10.5 Å². The van der Waals surface area contributed by atoms with E-state index in [1.165, 1.54) is 12.1 Å². The summed E-state index contributed by atoms with van der Waals surface area (Å²) in [7, 11) is 0. The maximum Gasteiger partial charge on any atom is 0.573 e. The summed E-state index contributed by atoms with van der Waals surface area (Å²) >= 11 is 0. The smallest absolute Gasteiger partial charge is 0.406 e. The fraction of sp³-hybridized carbons (Fsp3) is 0.500. The Labute approximate surface area is 115 Å². The molecule has 1 aromatic rings. The number of primary amides is 1. The van der Waals surface area contributed by atoms with E-state index in [-0.39, 0.29) is 18.1 Å². The molecule has 1 unspecified atom stereocenters. The van der Waals surface area contributed by atoms with Crippen molar-refractivity contribution in [3.63, 3.8) is 0 Å². The van der Waals surface area contributed by atoms with Crippen LogP contribution in [0.15, 0.2) is 24.3 Å². The lowest BCUT2D eigenvalue weighted by Gasteiger charge is -2.16. The highest BCUT2D eigenvalue weighted by Crippen LogP contribution is 2.29. The van der Waals surface area contributed by atoms with Crippen LogP contribution in [-0.4, -0.2) is 12.3 Å². The monoisotopic (exact) mass is 289 g/mol. The third-order valence-electron chi connectivity index (χ3n) is 2.94. The molecule has 0 aliphatic carbocycles. The van der Waals surface area contributed by atoms with Gasteiger partial charge in [-0.1, -0.05) is 31.9 Å². The van der Waals surface area contributed by atoms with Crippen LogP contribution in [0.3, 0.4) is 0 Å². The van der Waals surface area contributed by atoms with E-state index in [2.05, 4.69) is 4.74 Å². The number of hydrogen-bond acceptors (Lipinski definition) is 2. The molecule has 1 aromatic carbocycles. The van der Waals surface area contributed by atoms with Crippen molar-refractivity contribution in [3.8, 4) is 5.75 Å². The summed E-state index contributed by atoms with van der Waals surface area (Å²) in [6.45, 7) is 2.03. The molecule has 112 valence electrons. The molecule has 0 aliphatic rings. The molecular weight excluding hydrogens is 271 g/mol. The molecule has 6 heteroatoms. The van der Waals surface area contributed by atoms with E-state index in [4.69, 9.17) is 5.73 Å². The van der Waals surface area contributed by atoms with Gasteiger partial charge in [0.2, 0.25) is 5.91 Å². The number of hydrogen-bond donors (Lipinski definition) is 1. The Morgan fingerprint density at radius 1 is 1.30 bits per heavy atom. The number of carbonyl (C=O) groups excluding carboxylic acids is 1. The van der Waals surface area contributed by atoms with E-state index in [1.54, 1.807) is 12.1 Å². The van der Waals surface area contributed by atoms with Crippen LogP contribution >= 0.6 is 0 Å². The summed E-state index contributed by atoms with van der Waals surface area (Å²) in [5.41, 5.74) is 6.00. The van der Waals surface area contributed by atoms with Gasteiger partial charge in [0, 0.05) is 6.42 Å².